The summed E-state index contributed by atoms with van der Waals surface area (Å²) in [6.07, 6.45) is -0.872. The van der Waals surface area contributed by atoms with Crippen molar-refractivity contribution in [2.45, 2.75) is 12.7 Å². The first-order valence-corrected chi connectivity index (χ1v) is 8.30. The predicted molar refractivity (Wildman–Crippen MR) is 94.0 cm³/mol. The van der Waals surface area contributed by atoms with Crippen LogP contribution in [0.5, 0.6) is 0 Å². The van der Waals surface area contributed by atoms with Crippen LogP contribution in [0, 0.1) is 0 Å². The zero-order valence-corrected chi connectivity index (χ0v) is 15.0. The molecule has 0 bridgehead atoms. The van der Waals surface area contributed by atoms with Gasteiger partial charge in [0.1, 0.15) is 0 Å². The highest BCUT2D eigenvalue weighted by molar-refractivity contribution is 6.32. The number of amides is 1. The molecular weight excluding hydrogens is 404 g/mol. The number of carbonyl (C=O) groups excluding carboxylic acids is 1. The Bertz CT molecular complexity index is 971. The summed E-state index contributed by atoms with van der Waals surface area (Å²) >= 11 is 11.7. The quantitative estimate of drug-likeness (QED) is 0.682. The highest BCUT2D eigenvalue weighted by atomic mass is 35.5. The number of rotatable bonds is 4. The van der Waals surface area contributed by atoms with Gasteiger partial charge in [-0.15, -0.1) is 0 Å². The molecule has 0 unspecified atom stereocenters. The van der Waals surface area contributed by atoms with E-state index < -0.39 is 11.7 Å². The lowest BCUT2D eigenvalue weighted by Crippen LogP contribution is -2.22. The number of nitrogens with one attached hydrogen (secondary N) is 1. The maximum Gasteiger partial charge on any atom is 0.417 e. The Morgan fingerprint density at radius 2 is 1.85 bits per heavy atom. The van der Waals surface area contributed by atoms with Crippen LogP contribution in [0.1, 0.15) is 21.5 Å². The molecule has 0 saturated carbocycles. The number of hydrogen-bond donors (Lipinski definition) is 1. The molecule has 0 saturated heterocycles. The Kier molecular flexibility index (Phi) is 5.38. The van der Waals surface area contributed by atoms with E-state index in [0.29, 0.717) is 22.3 Å². The van der Waals surface area contributed by atoms with Crippen molar-refractivity contribution < 1.29 is 18.0 Å². The third kappa shape index (κ3) is 4.58. The number of benzene rings is 1. The van der Waals surface area contributed by atoms with Crippen LogP contribution in [-0.2, 0) is 12.7 Å². The highest BCUT2D eigenvalue weighted by Gasteiger charge is 2.31. The van der Waals surface area contributed by atoms with Crippen molar-refractivity contribution in [3.8, 4) is 5.82 Å². The van der Waals surface area contributed by atoms with Crippen molar-refractivity contribution in [2.75, 3.05) is 0 Å². The van der Waals surface area contributed by atoms with Crippen molar-refractivity contribution in [2.24, 2.45) is 0 Å². The van der Waals surface area contributed by atoms with E-state index in [0.717, 1.165) is 6.07 Å². The van der Waals surface area contributed by atoms with Crippen molar-refractivity contribution in [3.63, 3.8) is 0 Å². The lowest BCUT2D eigenvalue weighted by atomic mass is 10.2. The maximum atomic E-state index is 12.7. The summed E-state index contributed by atoms with van der Waals surface area (Å²) in [6, 6.07) is 7.17. The number of hydrogen-bond acceptors (Lipinski definition) is 3. The first-order valence-electron chi connectivity index (χ1n) is 7.54. The molecule has 140 valence electrons. The van der Waals surface area contributed by atoms with E-state index in [1.54, 1.807) is 24.3 Å². The molecule has 0 aliphatic rings. The SMILES string of the molecule is O=C(NCc1cnn(-c2ncc(C(F)(F)F)cc2Cl)c1)c1ccc(Cl)cc1. The molecule has 2 heterocycles. The standard InChI is InChI=1S/C17H11Cl2F3N4O/c18-13-3-1-11(2-4-13)16(27)24-6-10-7-25-26(9-10)15-14(19)5-12(8-23-15)17(20,21)22/h1-5,7-9H,6H2,(H,24,27). The topological polar surface area (TPSA) is 59.8 Å². The number of alkyl halides is 3. The molecule has 1 amide bonds. The third-order valence-electron chi connectivity index (χ3n) is 3.56. The van der Waals surface area contributed by atoms with E-state index in [2.05, 4.69) is 15.4 Å². The Balaban J connectivity index is 1.70. The molecule has 2 aromatic heterocycles. The highest BCUT2D eigenvalue weighted by Crippen LogP contribution is 2.31. The van der Waals surface area contributed by atoms with Gasteiger partial charge in [0.15, 0.2) is 5.82 Å². The van der Waals surface area contributed by atoms with E-state index in [1.807, 2.05) is 0 Å². The monoisotopic (exact) mass is 414 g/mol. The van der Waals surface area contributed by atoms with Crippen molar-refractivity contribution >= 4 is 29.1 Å². The average Bonchev–Trinajstić information content (AvgIpc) is 3.08. The van der Waals surface area contributed by atoms with Crippen molar-refractivity contribution in [3.05, 3.63) is 75.7 Å². The van der Waals surface area contributed by atoms with Gasteiger partial charge in [0.25, 0.3) is 5.91 Å². The Labute approximate surface area is 161 Å². The number of halogens is 5. The van der Waals surface area contributed by atoms with E-state index >= 15 is 0 Å². The van der Waals surface area contributed by atoms with Crippen LogP contribution >= 0.6 is 23.2 Å². The fourth-order valence-corrected chi connectivity index (χ4v) is 2.59. The molecule has 0 fully saturated rings. The summed E-state index contributed by atoms with van der Waals surface area (Å²) in [4.78, 5) is 15.8. The van der Waals surface area contributed by atoms with Gasteiger partial charge in [-0.25, -0.2) is 9.67 Å². The summed E-state index contributed by atoms with van der Waals surface area (Å²) in [5.41, 5.74) is 0.119. The fraction of sp³-hybridized carbons (Fsp3) is 0.118. The maximum absolute atomic E-state index is 12.7. The zero-order chi connectivity index (χ0) is 19.6. The van der Waals surface area contributed by atoms with Gasteiger partial charge < -0.3 is 5.32 Å². The molecule has 27 heavy (non-hydrogen) atoms. The first kappa shape index (κ1) is 19.2. The lowest BCUT2D eigenvalue weighted by molar-refractivity contribution is -0.137. The average molecular weight is 415 g/mol. The molecule has 3 rings (SSSR count). The Morgan fingerprint density at radius 3 is 2.48 bits per heavy atom. The minimum atomic E-state index is -4.53. The minimum Gasteiger partial charge on any atom is -0.348 e. The van der Waals surface area contributed by atoms with E-state index in [9.17, 15) is 18.0 Å². The van der Waals surface area contributed by atoms with Gasteiger partial charge in [-0.1, -0.05) is 23.2 Å². The van der Waals surface area contributed by atoms with Gasteiger partial charge in [0.2, 0.25) is 0 Å². The normalized spacial score (nSPS) is 11.4. The van der Waals surface area contributed by atoms with E-state index in [-0.39, 0.29) is 23.3 Å². The minimum absolute atomic E-state index is 0.0555. The molecular formula is C17H11Cl2F3N4O. The smallest absolute Gasteiger partial charge is 0.348 e. The van der Waals surface area contributed by atoms with E-state index in [4.69, 9.17) is 23.2 Å². The van der Waals surface area contributed by atoms with Gasteiger partial charge in [0, 0.05) is 35.1 Å². The summed E-state index contributed by atoms with van der Waals surface area (Å²) in [5.74, 6) is -0.245. The number of pyridine rings is 1. The van der Waals surface area contributed by atoms with Crippen LogP contribution in [0.2, 0.25) is 10.0 Å². The summed E-state index contributed by atoms with van der Waals surface area (Å²) in [6.45, 7) is 0.166. The molecule has 3 aromatic rings. The second-order valence-electron chi connectivity index (χ2n) is 5.51. The van der Waals surface area contributed by atoms with Gasteiger partial charge >= 0.3 is 6.18 Å². The predicted octanol–water partition coefficient (Wildman–Crippen LogP) is 4.52. The third-order valence-corrected chi connectivity index (χ3v) is 4.09. The van der Waals surface area contributed by atoms with Crippen molar-refractivity contribution in [1.82, 2.24) is 20.1 Å². The number of aromatic nitrogens is 3. The van der Waals surface area contributed by atoms with Gasteiger partial charge in [-0.05, 0) is 30.3 Å². The van der Waals surface area contributed by atoms with Crippen LogP contribution in [0.25, 0.3) is 5.82 Å². The fourth-order valence-electron chi connectivity index (χ4n) is 2.21. The molecule has 10 heteroatoms. The Morgan fingerprint density at radius 1 is 1.15 bits per heavy atom. The second kappa shape index (κ2) is 7.58. The van der Waals surface area contributed by atoms with Crippen molar-refractivity contribution in [1.29, 1.82) is 0 Å². The van der Waals surface area contributed by atoms with Gasteiger partial charge in [-0.2, -0.15) is 18.3 Å². The number of nitrogens with zero attached hydrogens (tertiary/aromatic N) is 3. The molecule has 1 N–H and O–H groups in total. The first-order chi connectivity index (χ1) is 12.7. The molecule has 0 spiro atoms. The Hall–Kier alpha value is -2.58. The molecule has 5 nitrogen and oxygen atoms in total. The molecule has 0 radical (unpaired) electrons. The van der Waals surface area contributed by atoms with Crippen LogP contribution in [0.3, 0.4) is 0 Å². The second-order valence-corrected chi connectivity index (χ2v) is 6.35. The summed E-state index contributed by atoms with van der Waals surface area (Å²) in [5, 5.41) is 7.06. The number of carbonyl (C=O) groups is 1. The van der Waals surface area contributed by atoms with Crippen LogP contribution < -0.4 is 5.32 Å². The molecule has 0 aliphatic heterocycles. The zero-order valence-electron chi connectivity index (χ0n) is 13.5. The molecule has 0 aliphatic carbocycles. The summed E-state index contributed by atoms with van der Waals surface area (Å²) < 4.78 is 39.3. The molecule has 0 atom stereocenters. The summed E-state index contributed by atoms with van der Waals surface area (Å²) in [7, 11) is 0. The van der Waals surface area contributed by atoms with E-state index in [1.165, 1.54) is 17.1 Å². The molecule has 1 aromatic carbocycles. The van der Waals surface area contributed by atoms with Crippen LogP contribution in [0.4, 0.5) is 13.2 Å². The largest absolute Gasteiger partial charge is 0.417 e. The lowest BCUT2D eigenvalue weighted by Gasteiger charge is -2.08. The van der Waals surface area contributed by atoms with Gasteiger partial charge in [0.05, 0.1) is 16.8 Å². The van der Waals surface area contributed by atoms with Crippen LogP contribution in [0.15, 0.2) is 48.9 Å². The van der Waals surface area contributed by atoms with Gasteiger partial charge in [-0.3, -0.25) is 4.79 Å². The van der Waals surface area contributed by atoms with Crippen LogP contribution in [-0.4, -0.2) is 20.7 Å².